The number of aryl methyl sites for hydroxylation is 2. The second-order valence-electron chi connectivity index (χ2n) is 8.86. The fourth-order valence-electron chi connectivity index (χ4n) is 5.24. The van der Waals surface area contributed by atoms with Crippen LogP contribution in [0.5, 0.6) is 0 Å². The van der Waals surface area contributed by atoms with Crippen molar-refractivity contribution in [3.05, 3.63) is 12.2 Å². The minimum absolute atomic E-state index is 0.167. The van der Waals surface area contributed by atoms with E-state index in [2.05, 4.69) is 24.3 Å². The van der Waals surface area contributed by atoms with Gasteiger partial charge in [-0.1, -0.05) is 19.3 Å². The van der Waals surface area contributed by atoms with Gasteiger partial charge >= 0.3 is 0 Å². The number of piperidine rings is 1. The van der Waals surface area contributed by atoms with E-state index in [9.17, 15) is 4.79 Å². The molecule has 2 aromatic heterocycles. The van der Waals surface area contributed by atoms with E-state index in [1.54, 1.807) is 6.33 Å². The Bertz CT molecular complexity index is 862. The molecule has 0 saturated carbocycles. The zero-order chi connectivity index (χ0) is 19.6. The van der Waals surface area contributed by atoms with Crippen LogP contribution in [0.4, 0.5) is 5.82 Å². The molecule has 5 rings (SSSR count). The average Bonchev–Trinajstić information content (AvgIpc) is 2.97. The molecule has 0 unspecified atom stereocenters. The summed E-state index contributed by atoms with van der Waals surface area (Å²) in [4.78, 5) is 31.6. The Morgan fingerprint density at radius 1 is 0.862 bits per heavy atom. The van der Waals surface area contributed by atoms with E-state index in [4.69, 9.17) is 4.98 Å². The zero-order valence-electron chi connectivity index (χ0n) is 17.4. The van der Waals surface area contributed by atoms with Crippen LogP contribution in [-0.2, 0) is 17.8 Å². The molecule has 3 aliphatic heterocycles. The fraction of sp³-hybridized carbons (Fsp3) is 0.727. The number of fused-ring (bicyclic) bond motifs is 3. The van der Waals surface area contributed by atoms with Crippen LogP contribution in [-0.4, -0.2) is 56.5 Å². The Balaban J connectivity index is 1.31. The summed E-state index contributed by atoms with van der Waals surface area (Å²) in [5, 5.41) is 0. The summed E-state index contributed by atoms with van der Waals surface area (Å²) < 4.78 is 2.29. The van der Waals surface area contributed by atoms with Gasteiger partial charge in [-0.2, -0.15) is 0 Å². The number of anilines is 1. The van der Waals surface area contributed by atoms with Crippen LogP contribution in [0.25, 0.3) is 11.2 Å². The number of carbonyl (C=O) groups excluding carboxylic acids is 1. The number of nitrogens with zero attached hydrogens (tertiary/aromatic N) is 6. The number of hydrogen-bond acceptors (Lipinski definition) is 5. The van der Waals surface area contributed by atoms with Gasteiger partial charge in [-0.15, -0.1) is 0 Å². The van der Waals surface area contributed by atoms with Crippen molar-refractivity contribution in [3.63, 3.8) is 0 Å². The Kier molecular flexibility index (Phi) is 5.38. The number of carbonyl (C=O) groups is 1. The lowest BCUT2D eigenvalue weighted by Gasteiger charge is -2.34. The first kappa shape index (κ1) is 18.8. The molecule has 2 fully saturated rings. The van der Waals surface area contributed by atoms with Gasteiger partial charge in [-0.25, -0.2) is 15.0 Å². The monoisotopic (exact) mass is 396 g/mol. The highest BCUT2D eigenvalue weighted by atomic mass is 16.2. The van der Waals surface area contributed by atoms with Crippen molar-refractivity contribution in [3.8, 4) is 0 Å². The van der Waals surface area contributed by atoms with Crippen molar-refractivity contribution in [2.75, 3.05) is 31.1 Å². The Morgan fingerprint density at radius 3 is 2.38 bits per heavy atom. The molecular weight excluding hydrogens is 364 g/mol. The molecule has 7 nitrogen and oxygen atoms in total. The highest BCUT2D eigenvalue weighted by molar-refractivity contribution is 5.84. The van der Waals surface area contributed by atoms with Crippen molar-refractivity contribution in [2.24, 2.45) is 5.92 Å². The molecule has 3 aliphatic rings. The predicted octanol–water partition coefficient (Wildman–Crippen LogP) is 3.17. The van der Waals surface area contributed by atoms with Gasteiger partial charge in [0.05, 0.1) is 0 Å². The summed E-state index contributed by atoms with van der Waals surface area (Å²) in [6, 6.07) is 0. The van der Waals surface area contributed by atoms with E-state index >= 15 is 0 Å². The Morgan fingerprint density at radius 2 is 1.59 bits per heavy atom. The van der Waals surface area contributed by atoms with E-state index < -0.39 is 0 Å². The number of rotatable bonds is 2. The first-order valence-electron chi connectivity index (χ1n) is 11.5. The lowest BCUT2D eigenvalue weighted by Crippen LogP contribution is -2.43. The first-order valence-corrected chi connectivity index (χ1v) is 11.5. The fourth-order valence-corrected chi connectivity index (χ4v) is 5.24. The minimum atomic E-state index is 0.167. The standard InChI is InChI=1S/C22H32N6O/c29-22(27-11-5-1-2-6-12-27)17-9-14-26(15-10-17)20-19-21(24-16-23-20)28-13-7-3-4-8-18(28)25-19/h16-17H,1-15H2. The molecule has 5 heterocycles. The molecule has 0 spiro atoms. The smallest absolute Gasteiger partial charge is 0.225 e. The van der Waals surface area contributed by atoms with Crippen LogP contribution in [0.2, 0.25) is 0 Å². The topological polar surface area (TPSA) is 67.2 Å². The highest BCUT2D eigenvalue weighted by Gasteiger charge is 2.30. The van der Waals surface area contributed by atoms with Crippen molar-refractivity contribution < 1.29 is 4.79 Å². The molecule has 0 atom stereocenters. The average molecular weight is 397 g/mol. The summed E-state index contributed by atoms with van der Waals surface area (Å²) >= 11 is 0. The van der Waals surface area contributed by atoms with Crippen LogP contribution in [0.3, 0.4) is 0 Å². The molecule has 0 N–H and O–H groups in total. The van der Waals surface area contributed by atoms with Crippen molar-refractivity contribution in [1.82, 2.24) is 24.4 Å². The summed E-state index contributed by atoms with van der Waals surface area (Å²) in [6.07, 6.45) is 13.1. The third-order valence-corrected chi connectivity index (χ3v) is 6.94. The maximum atomic E-state index is 13.0. The van der Waals surface area contributed by atoms with Crippen molar-refractivity contribution in [2.45, 2.75) is 70.8 Å². The van der Waals surface area contributed by atoms with Gasteiger partial charge in [0.2, 0.25) is 5.91 Å². The molecule has 1 amide bonds. The van der Waals surface area contributed by atoms with E-state index in [0.29, 0.717) is 5.91 Å². The lowest BCUT2D eigenvalue weighted by molar-refractivity contribution is -0.136. The Labute approximate surface area is 172 Å². The molecule has 0 bridgehead atoms. The van der Waals surface area contributed by atoms with Crippen molar-refractivity contribution in [1.29, 1.82) is 0 Å². The third-order valence-electron chi connectivity index (χ3n) is 6.94. The normalized spacial score (nSPS) is 21.7. The predicted molar refractivity (Wildman–Crippen MR) is 113 cm³/mol. The molecule has 2 aromatic rings. The second kappa shape index (κ2) is 8.28. The number of imidazole rings is 1. The summed E-state index contributed by atoms with van der Waals surface area (Å²) in [6.45, 7) is 4.66. The maximum Gasteiger partial charge on any atom is 0.225 e. The lowest BCUT2D eigenvalue weighted by atomic mass is 9.95. The third kappa shape index (κ3) is 3.71. The van der Waals surface area contributed by atoms with Gasteiger partial charge in [-0.3, -0.25) is 4.79 Å². The first-order chi connectivity index (χ1) is 14.3. The molecule has 0 radical (unpaired) electrons. The van der Waals surface area contributed by atoms with Gasteiger partial charge in [0, 0.05) is 45.1 Å². The van der Waals surface area contributed by atoms with Crippen LogP contribution in [0.15, 0.2) is 6.33 Å². The van der Waals surface area contributed by atoms with Gasteiger partial charge in [0.25, 0.3) is 0 Å². The van der Waals surface area contributed by atoms with E-state index in [0.717, 1.165) is 87.6 Å². The van der Waals surface area contributed by atoms with Gasteiger partial charge < -0.3 is 14.4 Å². The quantitative estimate of drug-likeness (QED) is 0.780. The largest absolute Gasteiger partial charge is 0.355 e. The Hall–Kier alpha value is -2.18. The van der Waals surface area contributed by atoms with Crippen molar-refractivity contribution >= 4 is 22.9 Å². The number of amides is 1. The van der Waals surface area contributed by atoms with Crippen LogP contribution in [0.1, 0.15) is 63.6 Å². The zero-order valence-corrected chi connectivity index (χ0v) is 17.4. The molecular formula is C22H32N6O. The van der Waals surface area contributed by atoms with E-state index in [-0.39, 0.29) is 5.92 Å². The molecule has 0 aliphatic carbocycles. The van der Waals surface area contributed by atoms with Crippen LogP contribution in [0, 0.1) is 5.92 Å². The highest BCUT2D eigenvalue weighted by Crippen LogP contribution is 2.30. The van der Waals surface area contributed by atoms with E-state index in [1.807, 2.05) is 0 Å². The number of likely N-dealkylation sites (tertiary alicyclic amines) is 1. The van der Waals surface area contributed by atoms with Gasteiger partial charge in [0.15, 0.2) is 17.0 Å². The molecule has 29 heavy (non-hydrogen) atoms. The molecule has 0 aromatic carbocycles. The van der Waals surface area contributed by atoms with Crippen LogP contribution >= 0.6 is 0 Å². The summed E-state index contributed by atoms with van der Waals surface area (Å²) in [5.74, 6) is 2.66. The SMILES string of the molecule is O=C(C1CCN(c2ncnc3c2nc2n3CCCCC2)CC1)N1CCCCCC1. The molecule has 7 heteroatoms. The molecule has 2 saturated heterocycles. The number of hydrogen-bond donors (Lipinski definition) is 0. The van der Waals surface area contributed by atoms with E-state index in [1.165, 1.54) is 32.1 Å². The second-order valence-corrected chi connectivity index (χ2v) is 8.86. The van der Waals surface area contributed by atoms with Gasteiger partial charge in [-0.05, 0) is 38.5 Å². The number of aromatic nitrogens is 4. The van der Waals surface area contributed by atoms with Crippen LogP contribution < -0.4 is 4.90 Å². The summed E-state index contributed by atoms with van der Waals surface area (Å²) in [7, 11) is 0. The van der Waals surface area contributed by atoms with Gasteiger partial charge in [0.1, 0.15) is 12.2 Å². The summed E-state index contributed by atoms with van der Waals surface area (Å²) in [5.41, 5.74) is 1.93. The molecule has 156 valence electrons. The maximum absolute atomic E-state index is 13.0. The minimum Gasteiger partial charge on any atom is -0.355 e.